The van der Waals surface area contributed by atoms with E-state index in [2.05, 4.69) is 35.9 Å². The number of H-pyrrole nitrogens is 1. The van der Waals surface area contributed by atoms with Gasteiger partial charge in [-0.05, 0) is 67.3 Å². The molecule has 1 aliphatic heterocycles. The number of ether oxygens (including phenoxy) is 1. The fourth-order valence-electron chi connectivity index (χ4n) is 3.89. The Morgan fingerprint density at radius 3 is 2.66 bits per heavy atom. The number of fused-ring (bicyclic) bond motifs is 1. The second-order valence-corrected chi connectivity index (χ2v) is 7.67. The molecule has 2 heterocycles. The zero-order chi connectivity index (χ0) is 20.5. The molecule has 0 fully saturated rings. The average molecular weight is 390 g/mol. The molecule has 0 radical (unpaired) electrons. The molecule has 0 atom stereocenters. The van der Waals surface area contributed by atoms with Gasteiger partial charge in [-0.25, -0.2) is 4.98 Å². The first-order valence-electron chi connectivity index (χ1n) is 9.79. The molecule has 1 aromatic heterocycles. The van der Waals surface area contributed by atoms with Crippen molar-refractivity contribution in [1.82, 2.24) is 14.9 Å². The predicted octanol–water partition coefficient (Wildman–Crippen LogP) is 3.20. The van der Waals surface area contributed by atoms with Crippen molar-refractivity contribution in [1.29, 1.82) is 0 Å². The van der Waals surface area contributed by atoms with Gasteiger partial charge in [0.25, 0.3) is 5.56 Å². The summed E-state index contributed by atoms with van der Waals surface area (Å²) in [6.07, 6.45) is 0.702. The van der Waals surface area contributed by atoms with Gasteiger partial charge in [0, 0.05) is 36.4 Å². The van der Waals surface area contributed by atoms with Gasteiger partial charge in [-0.1, -0.05) is 6.07 Å². The van der Waals surface area contributed by atoms with Crippen LogP contribution in [-0.4, -0.2) is 28.5 Å². The number of methoxy groups -OCH3 is 1. The van der Waals surface area contributed by atoms with Gasteiger partial charge in [0.2, 0.25) is 0 Å². The van der Waals surface area contributed by atoms with Crippen molar-refractivity contribution < 1.29 is 4.74 Å². The Kier molecular flexibility index (Phi) is 5.11. The third-order valence-corrected chi connectivity index (χ3v) is 5.58. The van der Waals surface area contributed by atoms with Crippen LogP contribution in [0.25, 0.3) is 11.4 Å². The van der Waals surface area contributed by atoms with Crippen LogP contribution in [0.1, 0.15) is 27.9 Å². The fourth-order valence-corrected chi connectivity index (χ4v) is 3.89. The molecule has 1 aliphatic rings. The summed E-state index contributed by atoms with van der Waals surface area (Å²) in [7, 11) is 1.70. The summed E-state index contributed by atoms with van der Waals surface area (Å²) in [5.74, 6) is 1.50. The average Bonchev–Trinajstić information content (AvgIpc) is 2.70. The standard InChI is InChI=1S/C23H26N4O2/c1-14-11-21(29-3)15(2)10-17(14)12-27-9-8-19-20(13-27)25-22(26-23(19)28)16-4-6-18(24)7-5-16/h4-7,10-11H,8-9,12-13,24H2,1-3H3,(H,25,26,28). The molecule has 2 aromatic carbocycles. The monoisotopic (exact) mass is 390 g/mol. The van der Waals surface area contributed by atoms with Crippen molar-refractivity contribution in [3.05, 3.63) is 74.7 Å². The minimum Gasteiger partial charge on any atom is -0.496 e. The van der Waals surface area contributed by atoms with Gasteiger partial charge in [-0.2, -0.15) is 0 Å². The molecule has 3 N–H and O–H groups in total. The van der Waals surface area contributed by atoms with E-state index in [9.17, 15) is 4.79 Å². The number of aromatic amines is 1. The Balaban J connectivity index is 1.60. The topological polar surface area (TPSA) is 84.2 Å². The highest BCUT2D eigenvalue weighted by Crippen LogP contribution is 2.25. The lowest BCUT2D eigenvalue weighted by atomic mass is 10.0. The van der Waals surface area contributed by atoms with E-state index in [0.717, 1.165) is 41.2 Å². The van der Waals surface area contributed by atoms with Crippen molar-refractivity contribution in [3.8, 4) is 17.1 Å². The molecule has 4 rings (SSSR count). The number of nitrogens with zero attached hydrogens (tertiary/aromatic N) is 2. The van der Waals surface area contributed by atoms with Crippen LogP contribution in [-0.2, 0) is 19.5 Å². The SMILES string of the molecule is COc1cc(C)c(CN2CCc3c(nc(-c4ccc(N)cc4)[nH]c3=O)C2)cc1C. The summed E-state index contributed by atoms with van der Waals surface area (Å²) >= 11 is 0. The molecular weight excluding hydrogens is 364 g/mol. The Morgan fingerprint density at radius 1 is 1.17 bits per heavy atom. The van der Waals surface area contributed by atoms with Crippen molar-refractivity contribution in [2.75, 3.05) is 19.4 Å². The van der Waals surface area contributed by atoms with Gasteiger partial charge < -0.3 is 15.5 Å². The van der Waals surface area contributed by atoms with E-state index in [-0.39, 0.29) is 5.56 Å². The quantitative estimate of drug-likeness (QED) is 0.669. The number of hydrogen-bond donors (Lipinski definition) is 2. The third kappa shape index (κ3) is 3.89. The van der Waals surface area contributed by atoms with Crippen LogP contribution >= 0.6 is 0 Å². The van der Waals surface area contributed by atoms with Crippen LogP contribution < -0.4 is 16.0 Å². The molecule has 0 saturated heterocycles. The molecule has 6 nitrogen and oxygen atoms in total. The Bertz CT molecular complexity index is 1100. The first-order chi connectivity index (χ1) is 13.9. The fraction of sp³-hybridized carbons (Fsp3) is 0.304. The normalized spacial score (nSPS) is 13.9. The van der Waals surface area contributed by atoms with Gasteiger partial charge in [0.05, 0.1) is 12.8 Å². The number of aryl methyl sites for hydroxylation is 2. The van der Waals surface area contributed by atoms with Crippen molar-refractivity contribution in [2.24, 2.45) is 0 Å². The predicted molar refractivity (Wildman–Crippen MR) is 115 cm³/mol. The second kappa shape index (κ2) is 7.72. The van der Waals surface area contributed by atoms with Crippen LogP contribution in [0.4, 0.5) is 5.69 Å². The first-order valence-corrected chi connectivity index (χ1v) is 9.79. The Hall–Kier alpha value is -3.12. The highest BCUT2D eigenvalue weighted by Gasteiger charge is 2.22. The lowest BCUT2D eigenvalue weighted by Gasteiger charge is -2.28. The van der Waals surface area contributed by atoms with E-state index in [1.54, 1.807) is 7.11 Å². The van der Waals surface area contributed by atoms with E-state index in [4.69, 9.17) is 15.5 Å². The molecule has 6 heteroatoms. The summed E-state index contributed by atoms with van der Waals surface area (Å²) in [5.41, 5.74) is 12.5. The molecule has 0 spiro atoms. The number of nitrogens with two attached hydrogens (primary N) is 1. The van der Waals surface area contributed by atoms with E-state index >= 15 is 0 Å². The molecule has 0 saturated carbocycles. The molecule has 0 aliphatic carbocycles. The molecule has 0 bridgehead atoms. The minimum absolute atomic E-state index is 0.0436. The van der Waals surface area contributed by atoms with Crippen LogP contribution in [0.3, 0.4) is 0 Å². The maximum atomic E-state index is 12.6. The molecular formula is C23H26N4O2. The van der Waals surface area contributed by atoms with Gasteiger partial charge in [0.15, 0.2) is 0 Å². The molecule has 0 unspecified atom stereocenters. The van der Waals surface area contributed by atoms with E-state index in [1.807, 2.05) is 24.3 Å². The second-order valence-electron chi connectivity index (χ2n) is 7.67. The molecule has 3 aromatic rings. The van der Waals surface area contributed by atoms with Gasteiger partial charge >= 0.3 is 0 Å². The maximum Gasteiger partial charge on any atom is 0.254 e. The number of anilines is 1. The molecule has 29 heavy (non-hydrogen) atoms. The number of nitrogen functional groups attached to an aromatic ring is 1. The highest BCUT2D eigenvalue weighted by molar-refractivity contribution is 5.58. The van der Waals surface area contributed by atoms with Crippen LogP contribution in [0.15, 0.2) is 41.2 Å². The van der Waals surface area contributed by atoms with Gasteiger partial charge in [-0.15, -0.1) is 0 Å². The van der Waals surface area contributed by atoms with E-state index in [1.165, 1.54) is 11.1 Å². The van der Waals surface area contributed by atoms with E-state index < -0.39 is 0 Å². The van der Waals surface area contributed by atoms with Gasteiger partial charge in [0.1, 0.15) is 11.6 Å². The van der Waals surface area contributed by atoms with Crippen LogP contribution in [0.5, 0.6) is 5.75 Å². The number of hydrogen-bond acceptors (Lipinski definition) is 5. The Morgan fingerprint density at radius 2 is 1.93 bits per heavy atom. The van der Waals surface area contributed by atoms with Crippen molar-refractivity contribution in [2.45, 2.75) is 33.4 Å². The van der Waals surface area contributed by atoms with Crippen LogP contribution in [0, 0.1) is 13.8 Å². The lowest BCUT2D eigenvalue weighted by molar-refractivity contribution is 0.240. The molecule has 150 valence electrons. The van der Waals surface area contributed by atoms with Crippen molar-refractivity contribution in [3.63, 3.8) is 0 Å². The third-order valence-electron chi connectivity index (χ3n) is 5.58. The number of benzene rings is 2. The Labute approximate surface area is 170 Å². The smallest absolute Gasteiger partial charge is 0.254 e. The summed E-state index contributed by atoms with van der Waals surface area (Å²) in [5, 5.41) is 0. The summed E-state index contributed by atoms with van der Waals surface area (Å²) in [6.45, 7) is 6.49. The first kappa shape index (κ1) is 19.2. The van der Waals surface area contributed by atoms with Crippen LogP contribution in [0.2, 0.25) is 0 Å². The maximum absolute atomic E-state index is 12.6. The summed E-state index contributed by atoms with van der Waals surface area (Å²) in [4.78, 5) is 22.6. The largest absolute Gasteiger partial charge is 0.496 e. The number of rotatable bonds is 4. The highest BCUT2D eigenvalue weighted by atomic mass is 16.5. The summed E-state index contributed by atoms with van der Waals surface area (Å²) < 4.78 is 5.42. The number of aromatic nitrogens is 2. The number of nitrogens with one attached hydrogen (secondary N) is 1. The zero-order valence-electron chi connectivity index (χ0n) is 17.1. The lowest BCUT2D eigenvalue weighted by Crippen LogP contribution is -2.35. The van der Waals surface area contributed by atoms with E-state index in [0.29, 0.717) is 24.5 Å². The van der Waals surface area contributed by atoms with Gasteiger partial charge in [-0.3, -0.25) is 9.69 Å². The van der Waals surface area contributed by atoms with Crippen molar-refractivity contribution >= 4 is 5.69 Å². The minimum atomic E-state index is -0.0436. The summed E-state index contributed by atoms with van der Waals surface area (Å²) in [6, 6.07) is 11.7. The molecule has 0 amide bonds. The zero-order valence-corrected chi connectivity index (χ0v) is 17.1.